The van der Waals surface area contributed by atoms with Crippen LogP contribution in [0, 0.1) is 6.92 Å². The van der Waals surface area contributed by atoms with Crippen LogP contribution in [0.2, 0.25) is 0 Å². The van der Waals surface area contributed by atoms with Crippen molar-refractivity contribution in [2.75, 3.05) is 0 Å². The van der Waals surface area contributed by atoms with Crippen LogP contribution in [0.3, 0.4) is 0 Å². The van der Waals surface area contributed by atoms with Gasteiger partial charge in [0.25, 0.3) is 5.91 Å². The molecule has 3 rings (SSSR count). The van der Waals surface area contributed by atoms with Gasteiger partial charge in [-0.25, -0.2) is 4.98 Å². The molecule has 0 aliphatic carbocycles. The summed E-state index contributed by atoms with van der Waals surface area (Å²) >= 11 is 0. The predicted octanol–water partition coefficient (Wildman–Crippen LogP) is 2.20. The molecular formula is C15H14N4O. The number of hydrogen-bond acceptors (Lipinski definition) is 3. The Morgan fingerprint density at radius 3 is 3.00 bits per heavy atom. The predicted molar refractivity (Wildman–Crippen MR) is 76.2 cm³/mol. The van der Waals surface area contributed by atoms with Gasteiger partial charge in [-0.2, -0.15) is 0 Å². The van der Waals surface area contributed by atoms with Crippen LogP contribution in [0.5, 0.6) is 0 Å². The summed E-state index contributed by atoms with van der Waals surface area (Å²) in [6, 6.07) is 9.46. The van der Waals surface area contributed by atoms with Gasteiger partial charge in [0.15, 0.2) is 0 Å². The fourth-order valence-corrected chi connectivity index (χ4v) is 2.15. The van der Waals surface area contributed by atoms with Crippen molar-refractivity contribution in [2.24, 2.45) is 0 Å². The second-order valence-corrected chi connectivity index (χ2v) is 4.59. The molecule has 3 aromatic rings. The van der Waals surface area contributed by atoms with E-state index in [0.29, 0.717) is 12.1 Å². The van der Waals surface area contributed by atoms with Gasteiger partial charge in [-0.15, -0.1) is 0 Å². The molecule has 5 nitrogen and oxygen atoms in total. The topological polar surface area (TPSA) is 70.7 Å². The first-order valence-electron chi connectivity index (χ1n) is 6.36. The van der Waals surface area contributed by atoms with E-state index in [2.05, 4.69) is 20.3 Å². The lowest BCUT2D eigenvalue weighted by Gasteiger charge is -2.08. The maximum absolute atomic E-state index is 12.3. The minimum atomic E-state index is -0.110. The van der Waals surface area contributed by atoms with E-state index < -0.39 is 0 Å². The van der Waals surface area contributed by atoms with E-state index in [4.69, 9.17) is 0 Å². The summed E-state index contributed by atoms with van der Waals surface area (Å²) in [7, 11) is 0. The molecule has 0 aliphatic heterocycles. The fraction of sp³-hybridized carbons (Fsp3) is 0.133. The molecule has 0 fully saturated rings. The van der Waals surface area contributed by atoms with E-state index in [9.17, 15) is 4.79 Å². The van der Waals surface area contributed by atoms with Gasteiger partial charge in [-0.3, -0.25) is 9.78 Å². The van der Waals surface area contributed by atoms with Gasteiger partial charge in [-0.05, 0) is 19.1 Å². The quantitative estimate of drug-likeness (QED) is 0.763. The number of carbonyl (C=O) groups is 1. The first kappa shape index (κ1) is 12.3. The average Bonchev–Trinajstić information content (AvgIpc) is 2.97. The minimum Gasteiger partial charge on any atom is -0.347 e. The highest BCUT2D eigenvalue weighted by molar-refractivity contribution is 6.06. The maximum Gasteiger partial charge on any atom is 0.252 e. The van der Waals surface area contributed by atoms with Crippen molar-refractivity contribution < 1.29 is 4.79 Å². The first-order valence-corrected chi connectivity index (χ1v) is 6.36. The number of amides is 1. The van der Waals surface area contributed by atoms with E-state index in [-0.39, 0.29) is 5.91 Å². The summed E-state index contributed by atoms with van der Waals surface area (Å²) in [6.07, 6.45) is 3.28. The number of nitrogens with zero attached hydrogens (tertiary/aromatic N) is 2. The van der Waals surface area contributed by atoms with Crippen molar-refractivity contribution in [1.82, 2.24) is 20.3 Å². The third-order valence-corrected chi connectivity index (χ3v) is 3.08. The number of imidazole rings is 1. The van der Waals surface area contributed by atoms with Crippen LogP contribution in [0.25, 0.3) is 10.9 Å². The zero-order valence-corrected chi connectivity index (χ0v) is 11.1. The van der Waals surface area contributed by atoms with Crippen LogP contribution in [0.1, 0.15) is 21.7 Å². The van der Waals surface area contributed by atoms with Gasteiger partial charge in [-0.1, -0.05) is 18.2 Å². The van der Waals surface area contributed by atoms with Crippen molar-refractivity contribution in [3.05, 3.63) is 59.8 Å². The second-order valence-electron chi connectivity index (χ2n) is 4.59. The Kier molecular flexibility index (Phi) is 3.16. The summed E-state index contributed by atoms with van der Waals surface area (Å²) in [5.74, 6) is -0.110. The van der Waals surface area contributed by atoms with E-state index in [0.717, 1.165) is 22.3 Å². The Bertz CT molecular complexity index is 750. The van der Waals surface area contributed by atoms with Crippen molar-refractivity contribution in [3.8, 4) is 0 Å². The fourth-order valence-electron chi connectivity index (χ4n) is 2.15. The second kappa shape index (κ2) is 5.13. The number of nitrogens with one attached hydrogen (secondary N) is 2. The van der Waals surface area contributed by atoms with Crippen molar-refractivity contribution in [3.63, 3.8) is 0 Å². The van der Waals surface area contributed by atoms with Crippen LogP contribution in [-0.4, -0.2) is 20.9 Å². The van der Waals surface area contributed by atoms with Gasteiger partial charge >= 0.3 is 0 Å². The molecule has 20 heavy (non-hydrogen) atoms. The van der Waals surface area contributed by atoms with E-state index in [1.165, 1.54) is 0 Å². The zero-order chi connectivity index (χ0) is 13.9. The Hall–Kier alpha value is -2.69. The van der Waals surface area contributed by atoms with Crippen molar-refractivity contribution >= 4 is 16.8 Å². The van der Waals surface area contributed by atoms with Crippen LogP contribution < -0.4 is 5.32 Å². The van der Waals surface area contributed by atoms with E-state index >= 15 is 0 Å². The molecule has 2 N–H and O–H groups in total. The molecule has 0 saturated heterocycles. The van der Waals surface area contributed by atoms with Crippen LogP contribution >= 0.6 is 0 Å². The van der Waals surface area contributed by atoms with E-state index in [1.54, 1.807) is 12.5 Å². The highest BCUT2D eigenvalue weighted by atomic mass is 16.1. The first-order chi connectivity index (χ1) is 9.74. The number of H-pyrrole nitrogens is 1. The van der Waals surface area contributed by atoms with Gasteiger partial charge in [0, 0.05) is 17.3 Å². The van der Waals surface area contributed by atoms with Gasteiger partial charge < -0.3 is 10.3 Å². The number of aromatic nitrogens is 3. The lowest BCUT2D eigenvalue weighted by Crippen LogP contribution is -2.23. The Morgan fingerprint density at radius 2 is 2.20 bits per heavy atom. The lowest BCUT2D eigenvalue weighted by atomic mass is 10.1. The largest absolute Gasteiger partial charge is 0.347 e. The average molecular weight is 266 g/mol. The Labute approximate surface area is 116 Å². The normalized spacial score (nSPS) is 10.7. The molecule has 100 valence electrons. The number of para-hydroxylation sites is 1. The monoisotopic (exact) mass is 266 g/mol. The number of carbonyl (C=O) groups excluding carboxylic acids is 1. The number of pyridine rings is 1. The molecule has 0 spiro atoms. The summed E-state index contributed by atoms with van der Waals surface area (Å²) in [5, 5.41) is 3.74. The molecule has 0 unspecified atom stereocenters. The maximum atomic E-state index is 12.3. The number of hydrogen-bond donors (Lipinski definition) is 2. The third-order valence-electron chi connectivity index (χ3n) is 3.08. The molecule has 0 saturated carbocycles. The number of aryl methyl sites for hydroxylation is 1. The number of rotatable bonds is 3. The molecular weight excluding hydrogens is 252 g/mol. The summed E-state index contributed by atoms with van der Waals surface area (Å²) in [4.78, 5) is 23.6. The Morgan fingerprint density at radius 1 is 1.35 bits per heavy atom. The highest BCUT2D eigenvalue weighted by Gasteiger charge is 2.11. The smallest absolute Gasteiger partial charge is 0.252 e. The van der Waals surface area contributed by atoms with Crippen molar-refractivity contribution in [1.29, 1.82) is 0 Å². The molecule has 1 amide bonds. The number of aromatic amines is 1. The third kappa shape index (κ3) is 2.38. The van der Waals surface area contributed by atoms with Crippen LogP contribution in [0.15, 0.2) is 42.9 Å². The lowest BCUT2D eigenvalue weighted by molar-refractivity contribution is 0.0952. The van der Waals surface area contributed by atoms with E-state index in [1.807, 2.05) is 37.3 Å². The van der Waals surface area contributed by atoms with Crippen molar-refractivity contribution in [2.45, 2.75) is 13.5 Å². The van der Waals surface area contributed by atoms with Gasteiger partial charge in [0.05, 0.1) is 29.6 Å². The Balaban J connectivity index is 1.90. The number of benzene rings is 1. The summed E-state index contributed by atoms with van der Waals surface area (Å²) in [6.45, 7) is 2.31. The van der Waals surface area contributed by atoms with Gasteiger partial charge in [0.2, 0.25) is 0 Å². The molecule has 0 bridgehead atoms. The standard InChI is InChI=1S/C15H14N4O/c1-10-6-13(12-4-2-3-5-14(12)19-10)15(20)17-8-11-7-16-9-18-11/h2-7,9H,8H2,1H3,(H,16,18)(H,17,20). The molecule has 0 radical (unpaired) electrons. The summed E-state index contributed by atoms with van der Waals surface area (Å²) < 4.78 is 0. The van der Waals surface area contributed by atoms with Crippen LogP contribution in [0.4, 0.5) is 0 Å². The summed E-state index contributed by atoms with van der Waals surface area (Å²) in [5.41, 5.74) is 3.18. The van der Waals surface area contributed by atoms with Gasteiger partial charge in [0.1, 0.15) is 0 Å². The molecule has 0 aliphatic rings. The molecule has 2 heterocycles. The molecule has 5 heteroatoms. The molecule has 0 atom stereocenters. The zero-order valence-electron chi connectivity index (χ0n) is 11.1. The SMILES string of the molecule is Cc1cc(C(=O)NCc2cnc[nH]2)c2ccccc2n1. The molecule has 1 aromatic carbocycles. The minimum absolute atomic E-state index is 0.110. The highest BCUT2D eigenvalue weighted by Crippen LogP contribution is 2.18. The number of fused-ring (bicyclic) bond motifs is 1. The molecule has 2 aromatic heterocycles. The van der Waals surface area contributed by atoms with Crippen LogP contribution in [-0.2, 0) is 6.54 Å².